The maximum absolute atomic E-state index is 12.9. The van der Waals surface area contributed by atoms with Crippen LogP contribution in [-0.4, -0.2) is 27.7 Å². The number of aromatic nitrogens is 2. The average molecular weight is 343 g/mol. The number of rotatable bonds is 3. The van der Waals surface area contributed by atoms with E-state index in [1.807, 2.05) is 36.3 Å². The van der Waals surface area contributed by atoms with E-state index in [1.165, 1.54) is 0 Å². The maximum atomic E-state index is 12.9. The third-order valence-corrected chi connectivity index (χ3v) is 5.31. The van der Waals surface area contributed by atoms with Crippen molar-refractivity contribution >= 4 is 17.2 Å². The van der Waals surface area contributed by atoms with E-state index in [0.29, 0.717) is 18.0 Å². The van der Waals surface area contributed by atoms with Crippen molar-refractivity contribution in [3.8, 4) is 10.6 Å². The number of thiophene rings is 1. The Kier molecular flexibility index (Phi) is 3.72. The molecule has 0 N–H and O–H groups in total. The minimum atomic E-state index is -0.107. The van der Waals surface area contributed by atoms with Crippen LogP contribution in [0.1, 0.15) is 46.4 Å². The van der Waals surface area contributed by atoms with Gasteiger partial charge in [0.2, 0.25) is 0 Å². The smallest absolute Gasteiger partial charge is 0.276 e. The number of aryl methyl sites for hydroxylation is 2. The largest absolute Gasteiger partial charge is 0.361 e. The molecule has 0 unspecified atom stereocenters. The van der Waals surface area contributed by atoms with E-state index in [1.54, 1.807) is 17.4 Å². The Balaban J connectivity index is 1.62. The van der Waals surface area contributed by atoms with Gasteiger partial charge in [0, 0.05) is 18.2 Å². The molecule has 0 aliphatic carbocycles. The molecule has 0 aromatic carbocycles. The summed E-state index contributed by atoms with van der Waals surface area (Å²) in [4.78, 5) is 15.7. The summed E-state index contributed by atoms with van der Waals surface area (Å²) in [7, 11) is 0. The number of hydrogen-bond donors (Lipinski definition) is 0. The van der Waals surface area contributed by atoms with Crippen LogP contribution < -0.4 is 0 Å². The minimum absolute atomic E-state index is 0.00867. The van der Waals surface area contributed by atoms with Crippen molar-refractivity contribution in [1.82, 2.24) is 15.2 Å². The second-order valence-electron chi connectivity index (χ2n) is 5.95. The van der Waals surface area contributed by atoms with E-state index in [9.17, 15) is 4.79 Å². The van der Waals surface area contributed by atoms with E-state index in [0.717, 1.165) is 34.7 Å². The maximum Gasteiger partial charge on any atom is 0.276 e. The molecule has 1 aliphatic heterocycles. The molecule has 1 atom stereocenters. The fourth-order valence-electron chi connectivity index (χ4n) is 3.33. The SMILES string of the molecule is Cc1noc(C)c1[C@H]1CCCN1C(=O)c1cc(-c2cccs2)on1. The van der Waals surface area contributed by atoms with Gasteiger partial charge in [-0.15, -0.1) is 11.3 Å². The lowest BCUT2D eigenvalue weighted by Crippen LogP contribution is -2.31. The van der Waals surface area contributed by atoms with Crippen LogP contribution >= 0.6 is 11.3 Å². The second kappa shape index (κ2) is 5.90. The van der Waals surface area contributed by atoms with Gasteiger partial charge in [0.05, 0.1) is 16.6 Å². The highest BCUT2D eigenvalue weighted by Gasteiger charge is 2.35. The highest BCUT2D eigenvalue weighted by molar-refractivity contribution is 7.13. The van der Waals surface area contributed by atoms with Crippen molar-refractivity contribution in [1.29, 1.82) is 0 Å². The molecule has 1 amide bonds. The summed E-state index contributed by atoms with van der Waals surface area (Å²) in [5.41, 5.74) is 2.21. The van der Waals surface area contributed by atoms with Crippen molar-refractivity contribution in [2.45, 2.75) is 32.7 Å². The molecule has 4 rings (SSSR count). The van der Waals surface area contributed by atoms with Crippen molar-refractivity contribution in [2.75, 3.05) is 6.54 Å². The number of nitrogens with zero attached hydrogens (tertiary/aromatic N) is 3. The Morgan fingerprint density at radius 2 is 2.21 bits per heavy atom. The van der Waals surface area contributed by atoms with Crippen LogP contribution in [-0.2, 0) is 0 Å². The Hall–Kier alpha value is -2.41. The lowest BCUT2D eigenvalue weighted by Gasteiger charge is -2.23. The number of carbonyl (C=O) groups is 1. The number of amides is 1. The van der Waals surface area contributed by atoms with Gasteiger partial charge in [-0.3, -0.25) is 4.79 Å². The highest BCUT2D eigenvalue weighted by atomic mass is 32.1. The molecular weight excluding hydrogens is 326 g/mol. The molecule has 3 aromatic rings. The van der Waals surface area contributed by atoms with E-state index in [2.05, 4.69) is 10.3 Å². The Morgan fingerprint density at radius 3 is 2.92 bits per heavy atom. The molecule has 7 heteroatoms. The summed E-state index contributed by atoms with van der Waals surface area (Å²) in [6, 6.07) is 5.60. The zero-order valence-corrected chi connectivity index (χ0v) is 14.3. The molecule has 0 bridgehead atoms. The van der Waals surface area contributed by atoms with Crippen molar-refractivity contribution in [3.63, 3.8) is 0 Å². The first-order chi connectivity index (χ1) is 11.6. The molecule has 4 heterocycles. The molecule has 0 radical (unpaired) electrons. The van der Waals surface area contributed by atoms with Gasteiger partial charge in [0.15, 0.2) is 11.5 Å². The van der Waals surface area contributed by atoms with Gasteiger partial charge in [0.25, 0.3) is 5.91 Å². The molecule has 1 fully saturated rings. The van der Waals surface area contributed by atoms with Gasteiger partial charge >= 0.3 is 0 Å². The summed E-state index contributed by atoms with van der Waals surface area (Å²) >= 11 is 1.56. The zero-order chi connectivity index (χ0) is 16.7. The molecule has 3 aromatic heterocycles. The first-order valence-corrected chi connectivity index (χ1v) is 8.77. The van der Waals surface area contributed by atoms with Crippen LogP contribution in [0.5, 0.6) is 0 Å². The molecule has 1 saturated heterocycles. The van der Waals surface area contributed by atoms with Crippen molar-refractivity contribution < 1.29 is 13.8 Å². The van der Waals surface area contributed by atoms with Gasteiger partial charge < -0.3 is 13.9 Å². The topological polar surface area (TPSA) is 72.4 Å². The van der Waals surface area contributed by atoms with Crippen molar-refractivity contribution in [3.05, 3.63) is 46.3 Å². The highest BCUT2D eigenvalue weighted by Crippen LogP contribution is 2.36. The monoisotopic (exact) mass is 343 g/mol. The Bertz CT molecular complexity index is 846. The quantitative estimate of drug-likeness (QED) is 0.719. The van der Waals surface area contributed by atoms with Crippen molar-refractivity contribution in [2.24, 2.45) is 0 Å². The van der Waals surface area contributed by atoms with E-state index in [4.69, 9.17) is 9.05 Å². The summed E-state index contributed by atoms with van der Waals surface area (Å²) < 4.78 is 10.6. The van der Waals surface area contributed by atoms with Gasteiger partial charge in [-0.1, -0.05) is 16.4 Å². The fraction of sp³-hybridized carbons (Fsp3) is 0.353. The first-order valence-electron chi connectivity index (χ1n) is 7.89. The predicted molar refractivity (Wildman–Crippen MR) is 88.8 cm³/mol. The Labute approximate surface area is 143 Å². The number of likely N-dealkylation sites (tertiary alicyclic amines) is 1. The second-order valence-corrected chi connectivity index (χ2v) is 6.90. The van der Waals surface area contributed by atoms with Gasteiger partial charge in [-0.25, -0.2) is 0 Å². The van der Waals surface area contributed by atoms with E-state index in [-0.39, 0.29) is 11.9 Å². The molecule has 6 nitrogen and oxygen atoms in total. The third-order valence-electron chi connectivity index (χ3n) is 4.43. The zero-order valence-electron chi connectivity index (χ0n) is 13.5. The lowest BCUT2D eigenvalue weighted by atomic mass is 10.0. The summed E-state index contributed by atoms with van der Waals surface area (Å²) in [6.07, 6.45) is 1.86. The Morgan fingerprint density at radius 1 is 1.33 bits per heavy atom. The van der Waals surface area contributed by atoms with Gasteiger partial charge in [0.1, 0.15) is 5.76 Å². The summed E-state index contributed by atoms with van der Waals surface area (Å²) in [5, 5.41) is 9.96. The van der Waals surface area contributed by atoms with Crippen LogP contribution in [0.4, 0.5) is 0 Å². The molecule has 0 spiro atoms. The van der Waals surface area contributed by atoms with Crippen LogP contribution in [0.25, 0.3) is 10.6 Å². The average Bonchev–Trinajstić information content (AvgIpc) is 3.34. The normalized spacial score (nSPS) is 17.6. The predicted octanol–water partition coefficient (Wildman–Crippen LogP) is 3.99. The number of hydrogen-bond acceptors (Lipinski definition) is 6. The molecule has 1 aliphatic rings. The molecular formula is C17H17N3O3S. The van der Waals surface area contributed by atoms with E-state index < -0.39 is 0 Å². The minimum Gasteiger partial charge on any atom is -0.361 e. The fourth-order valence-corrected chi connectivity index (χ4v) is 4.01. The number of carbonyl (C=O) groups excluding carboxylic acids is 1. The van der Waals surface area contributed by atoms with Crippen LogP contribution in [0.2, 0.25) is 0 Å². The molecule has 0 saturated carbocycles. The summed E-state index contributed by atoms with van der Waals surface area (Å²) in [6.45, 7) is 4.51. The lowest BCUT2D eigenvalue weighted by molar-refractivity contribution is 0.0724. The summed E-state index contributed by atoms with van der Waals surface area (Å²) in [5.74, 6) is 1.29. The van der Waals surface area contributed by atoms with Crippen LogP contribution in [0.15, 0.2) is 32.6 Å². The standard InChI is InChI=1S/C17H17N3O3S/c1-10-16(11(2)22-18-10)13-5-3-7-20(13)17(21)12-9-14(23-19-12)15-6-4-8-24-15/h4,6,8-9,13H,3,5,7H2,1-2H3/t13-/m1/s1. The van der Waals surface area contributed by atoms with Crippen LogP contribution in [0, 0.1) is 13.8 Å². The molecule has 124 valence electrons. The van der Waals surface area contributed by atoms with Gasteiger partial charge in [-0.05, 0) is 38.1 Å². The van der Waals surface area contributed by atoms with Crippen LogP contribution in [0.3, 0.4) is 0 Å². The third kappa shape index (κ3) is 2.45. The first kappa shape index (κ1) is 15.1. The van der Waals surface area contributed by atoms with Gasteiger partial charge in [-0.2, -0.15) is 0 Å². The molecule has 24 heavy (non-hydrogen) atoms. The van der Waals surface area contributed by atoms with E-state index >= 15 is 0 Å².